The Balaban J connectivity index is 1.82. The quantitative estimate of drug-likeness (QED) is 0.305. The molecule has 3 aromatic rings. The fourth-order valence-electron chi connectivity index (χ4n) is 5.60. The number of hydrogen-bond donors (Lipinski definition) is 1. The van der Waals surface area contributed by atoms with Crippen molar-refractivity contribution in [1.29, 1.82) is 0 Å². The summed E-state index contributed by atoms with van der Waals surface area (Å²) in [4.78, 5) is 43.9. The van der Waals surface area contributed by atoms with Gasteiger partial charge >= 0.3 is 11.9 Å². The molecule has 1 aromatic heterocycles. The van der Waals surface area contributed by atoms with Crippen LogP contribution in [0.1, 0.15) is 42.5 Å². The lowest BCUT2D eigenvalue weighted by Crippen LogP contribution is -2.46. The zero-order valence-electron chi connectivity index (χ0n) is 22.1. The molecule has 0 saturated heterocycles. The topological polar surface area (TPSA) is 98.9 Å². The van der Waals surface area contributed by atoms with Gasteiger partial charge < -0.3 is 15.2 Å². The number of para-hydroxylation sites is 1. The van der Waals surface area contributed by atoms with E-state index in [1.54, 1.807) is 24.8 Å². The SMILES string of the molecule is CCOC(=O)C1=C(N)N(c2ccccc2)C2=C(C(=O)[C@H](C(=O)OCC)[C@H](c3cccs3)C2)[C@H]1c1ccccc1F. The summed E-state index contributed by atoms with van der Waals surface area (Å²) in [7, 11) is 0. The average Bonchev–Trinajstić information content (AvgIpc) is 3.48. The Hall–Kier alpha value is -4.24. The molecule has 3 atom stereocenters. The minimum absolute atomic E-state index is 0.0453. The smallest absolute Gasteiger partial charge is 0.338 e. The molecule has 1 aliphatic heterocycles. The number of carbonyl (C=O) groups excluding carboxylic acids is 3. The van der Waals surface area contributed by atoms with Crippen LogP contribution in [0.15, 0.2) is 94.8 Å². The fourth-order valence-corrected chi connectivity index (χ4v) is 6.47. The third-order valence-corrected chi connectivity index (χ3v) is 8.22. The molecule has 0 amide bonds. The Morgan fingerprint density at radius 1 is 1.00 bits per heavy atom. The van der Waals surface area contributed by atoms with E-state index in [1.807, 2.05) is 47.8 Å². The van der Waals surface area contributed by atoms with E-state index < -0.39 is 41.3 Å². The highest BCUT2D eigenvalue weighted by molar-refractivity contribution is 7.10. The molecule has 0 spiro atoms. The first kappa shape index (κ1) is 27.3. The third kappa shape index (κ3) is 4.70. The van der Waals surface area contributed by atoms with Crippen molar-refractivity contribution in [1.82, 2.24) is 0 Å². The zero-order valence-corrected chi connectivity index (χ0v) is 23.0. The maximum Gasteiger partial charge on any atom is 0.338 e. The number of esters is 2. The van der Waals surface area contributed by atoms with Crippen LogP contribution in [0.3, 0.4) is 0 Å². The van der Waals surface area contributed by atoms with Gasteiger partial charge in [0.25, 0.3) is 0 Å². The molecule has 2 N–H and O–H groups in total. The van der Waals surface area contributed by atoms with Crippen LogP contribution in [0.5, 0.6) is 0 Å². The first-order chi connectivity index (χ1) is 19.4. The molecule has 5 rings (SSSR count). The number of ether oxygens (including phenoxy) is 2. The number of hydrogen-bond acceptors (Lipinski definition) is 8. The lowest BCUT2D eigenvalue weighted by atomic mass is 9.68. The van der Waals surface area contributed by atoms with Gasteiger partial charge in [0.1, 0.15) is 17.6 Å². The van der Waals surface area contributed by atoms with Crippen LogP contribution in [0.2, 0.25) is 0 Å². The molecule has 7 nitrogen and oxygen atoms in total. The molecule has 206 valence electrons. The summed E-state index contributed by atoms with van der Waals surface area (Å²) < 4.78 is 26.2. The Kier molecular flexibility index (Phi) is 7.84. The van der Waals surface area contributed by atoms with Crippen molar-refractivity contribution >= 4 is 34.7 Å². The molecule has 2 aromatic carbocycles. The number of thiophene rings is 1. The number of nitrogens with two attached hydrogens (primary N) is 1. The molecule has 9 heteroatoms. The van der Waals surface area contributed by atoms with Gasteiger partial charge in [0.05, 0.1) is 24.7 Å². The van der Waals surface area contributed by atoms with Gasteiger partial charge in [0.2, 0.25) is 0 Å². The number of Topliss-reactive ketones (excluding diaryl/α,β-unsaturated/α-hetero) is 1. The summed E-state index contributed by atoms with van der Waals surface area (Å²) in [6.45, 7) is 3.48. The Morgan fingerprint density at radius 2 is 1.70 bits per heavy atom. The van der Waals surface area contributed by atoms with E-state index in [9.17, 15) is 14.4 Å². The van der Waals surface area contributed by atoms with Gasteiger partial charge in [-0.15, -0.1) is 11.3 Å². The Morgan fingerprint density at radius 3 is 2.35 bits per heavy atom. The van der Waals surface area contributed by atoms with E-state index in [4.69, 9.17) is 15.2 Å². The van der Waals surface area contributed by atoms with Crippen LogP contribution in [0, 0.1) is 11.7 Å². The van der Waals surface area contributed by atoms with Crippen molar-refractivity contribution in [2.24, 2.45) is 11.7 Å². The van der Waals surface area contributed by atoms with E-state index in [2.05, 4.69) is 0 Å². The molecule has 0 bridgehead atoms. The number of anilines is 1. The van der Waals surface area contributed by atoms with Crippen LogP contribution >= 0.6 is 11.3 Å². The number of benzene rings is 2. The average molecular weight is 561 g/mol. The Labute approximate surface area is 235 Å². The summed E-state index contributed by atoms with van der Waals surface area (Å²) >= 11 is 1.44. The maximum atomic E-state index is 15.5. The van der Waals surface area contributed by atoms with Gasteiger partial charge in [0, 0.05) is 33.3 Å². The van der Waals surface area contributed by atoms with Crippen molar-refractivity contribution < 1.29 is 28.2 Å². The second kappa shape index (κ2) is 11.5. The van der Waals surface area contributed by atoms with E-state index in [0.717, 1.165) is 4.88 Å². The predicted molar refractivity (Wildman–Crippen MR) is 150 cm³/mol. The monoisotopic (exact) mass is 560 g/mol. The van der Waals surface area contributed by atoms with Gasteiger partial charge in [-0.3, -0.25) is 14.5 Å². The molecule has 0 unspecified atom stereocenters. The molecule has 1 aliphatic carbocycles. The largest absolute Gasteiger partial charge is 0.465 e. The highest BCUT2D eigenvalue weighted by Gasteiger charge is 2.52. The fraction of sp³-hybridized carbons (Fsp3) is 0.258. The summed E-state index contributed by atoms with van der Waals surface area (Å²) in [6.07, 6.45) is 0.238. The minimum atomic E-state index is -1.18. The summed E-state index contributed by atoms with van der Waals surface area (Å²) in [5.74, 6) is -5.39. The van der Waals surface area contributed by atoms with Crippen molar-refractivity contribution in [2.75, 3.05) is 18.1 Å². The van der Waals surface area contributed by atoms with E-state index in [0.29, 0.717) is 11.4 Å². The van der Waals surface area contributed by atoms with Crippen LogP contribution < -0.4 is 10.6 Å². The van der Waals surface area contributed by atoms with Crippen LogP contribution in [0.4, 0.5) is 10.1 Å². The van der Waals surface area contributed by atoms with Gasteiger partial charge in [-0.1, -0.05) is 42.5 Å². The van der Waals surface area contributed by atoms with Crippen molar-refractivity contribution in [3.63, 3.8) is 0 Å². The third-order valence-electron chi connectivity index (χ3n) is 7.21. The lowest BCUT2D eigenvalue weighted by Gasteiger charge is -2.43. The molecule has 2 heterocycles. The Bertz CT molecular complexity index is 1500. The molecule has 40 heavy (non-hydrogen) atoms. The molecular formula is C31H29FN2O5S. The van der Waals surface area contributed by atoms with Crippen LogP contribution in [-0.4, -0.2) is 30.9 Å². The van der Waals surface area contributed by atoms with E-state index >= 15 is 4.39 Å². The lowest BCUT2D eigenvalue weighted by molar-refractivity contribution is -0.152. The number of halogens is 1. The first-order valence-electron chi connectivity index (χ1n) is 13.1. The molecular weight excluding hydrogens is 531 g/mol. The van der Waals surface area contributed by atoms with Gasteiger partial charge in [-0.25, -0.2) is 9.18 Å². The standard InChI is InChI=1S/C31H29FN2O5S/c1-3-38-30(36)25-20(23-15-10-16-40-23)17-22-26(28(25)35)24(19-13-8-9-14-21(19)32)27(31(37)39-4-2)29(33)34(22)18-11-6-5-7-12-18/h5-16,20,24-25H,3-4,17,33H2,1-2H3/t20-,24+,25+/m0/s1. The maximum absolute atomic E-state index is 15.5. The summed E-state index contributed by atoms with van der Waals surface area (Å²) in [5.41, 5.74) is 8.08. The van der Waals surface area contributed by atoms with Crippen molar-refractivity contribution in [3.05, 3.63) is 111 Å². The number of nitrogens with zero attached hydrogens (tertiary/aromatic N) is 1. The van der Waals surface area contributed by atoms with E-state index in [1.165, 1.54) is 29.5 Å². The number of ketones is 1. The second-order valence-electron chi connectivity index (χ2n) is 9.43. The highest BCUT2D eigenvalue weighted by Crippen LogP contribution is 2.52. The molecule has 0 saturated carbocycles. The second-order valence-corrected chi connectivity index (χ2v) is 10.4. The molecule has 2 aliphatic rings. The van der Waals surface area contributed by atoms with Crippen molar-refractivity contribution in [3.8, 4) is 0 Å². The van der Waals surface area contributed by atoms with Gasteiger partial charge in [0.15, 0.2) is 5.78 Å². The molecule has 0 fully saturated rings. The first-order valence-corrected chi connectivity index (χ1v) is 14.0. The van der Waals surface area contributed by atoms with Gasteiger partial charge in [-0.2, -0.15) is 0 Å². The van der Waals surface area contributed by atoms with Gasteiger partial charge in [-0.05, 0) is 49.9 Å². The highest BCUT2D eigenvalue weighted by atomic mass is 32.1. The number of allylic oxidation sites excluding steroid dienone is 2. The number of carbonyl (C=O) groups is 3. The minimum Gasteiger partial charge on any atom is -0.465 e. The number of rotatable bonds is 7. The molecule has 0 radical (unpaired) electrons. The van der Waals surface area contributed by atoms with Crippen LogP contribution in [0.25, 0.3) is 0 Å². The van der Waals surface area contributed by atoms with Crippen LogP contribution in [-0.2, 0) is 23.9 Å². The van der Waals surface area contributed by atoms with E-state index in [-0.39, 0.29) is 42.2 Å². The normalized spacial score (nSPS) is 20.8. The zero-order chi connectivity index (χ0) is 28.4. The summed E-state index contributed by atoms with van der Waals surface area (Å²) in [5, 5.41) is 1.89. The predicted octanol–water partition coefficient (Wildman–Crippen LogP) is 5.41. The summed E-state index contributed by atoms with van der Waals surface area (Å²) in [6, 6.07) is 18.8. The van der Waals surface area contributed by atoms with Crippen molar-refractivity contribution in [2.45, 2.75) is 32.1 Å².